The summed E-state index contributed by atoms with van der Waals surface area (Å²) in [6.07, 6.45) is 2.11. The summed E-state index contributed by atoms with van der Waals surface area (Å²) in [6.45, 7) is 1.70. The Morgan fingerprint density at radius 2 is 2.20 bits per heavy atom. The van der Waals surface area contributed by atoms with E-state index in [1.165, 1.54) is 0 Å². The minimum Gasteiger partial charge on any atom is -0.419 e. The molecular weight excluding hydrogens is 278 g/mol. The molecule has 1 aliphatic rings. The summed E-state index contributed by atoms with van der Waals surface area (Å²) in [5, 5.41) is 18.0. The summed E-state index contributed by atoms with van der Waals surface area (Å²) >= 11 is 6.11. The highest BCUT2D eigenvalue weighted by Crippen LogP contribution is 2.27. The minimum atomic E-state index is 0.172. The van der Waals surface area contributed by atoms with Crippen LogP contribution in [0.1, 0.15) is 18.7 Å². The molecule has 1 N–H and O–H groups in total. The van der Waals surface area contributed by atoms with Crippen LogP contribution in [0.5, 0.6) is 0 Å². The van der Waals surface area contributed by atoms with Gasteiger partial charge in [0.1, 0.15) is 0 Å². The quantitative estimate of drug-likeness (QED) is 0.937. The summed E-state index contributed by atoms with van der Waals surface area (Å²) in [5.41, 5.74) is 0.744. The zero-order valence-corrected chi connectivity index (χ0v) is 11.8. The van der Waals surface area contributed by atoms with Crippen LogP contribution in [-0.4, -0.2) is 39.4 Å². The van der Waals surface area contributed by atoms with Crippen LogP contribution in [0.15, 0.2) is 28.7 Å². The molecule has 2 heterocycles. The van der Waals surface area contributed by atoms with E-state index >= 15 is 0 Å². The van der Waals surface area contributed by atoms with Gasteiger partial charge in [-0.2, -0.15) is 0 Å². The molecule has 6 heteroatoms. The van der Waals surface area contributed by atoms with Gasteiger partial charge in [-0.25, -0.2) is 0 Å². The van der Waals surface area contributed by atoms with Crippen molar-refractivity contribution in [3.05, 3.63) is 35.2 Å². The van der Waals surface area contributed by atoms with Crippen molar-refractivity contribution >= 4 is 11.6 Å². The van der Waals surface area contributed by atoms with E-state index in [9.17, 15) is 5.11 Å². The maximum atomic E-state index is 9.31. The monoisotopic (exact) mass is 293 g/mol. The third kappa shape index (κ3) is 2.70. The molecule has 1 saturated heterocycles. The fourth-order valence-corrected chi connectivity index (χ4v) is 2.76. The first kappa shape index (κ1) is 13.5. The zero-order chi connectivity index (χ0) is 13.9. The number of hydrogen-bond acceptors (Lipinski definition) is 5. The second kappa shape index (κ2) is 5.91. The van der Waals surface area contributed by atoms with Crippen LogP contribution in [0.3, 0.4) is 0 Å². The molecule has 0 bridgehead atoms. The Labute approximate surface area is 122 Å². The summed E-state index contributed by atoms with van der Waals surface area (Å²) < 4.78 is 5.68. The molecule has 0 saturated carbocycles. The van der Waals surface area contributed by atoms with Crippen molar-refractivity contribution in [3.63, 3.8) is 0 Å². The minimum absolute atomic E-state index is 0.172. The van der Waals surface area contributed by atoms with Crippen molar-refractivity contribution in [2.45, 2.75) is 25.4 Å². The second-order valence-corrected chi connectivity index (χ2v) is 5.34. The number of rotatable bonds is 4. The third-order valence-corrected chi connectivity index (χ3v) is 3.95. The summed E-state index contributed by atoms with van der Waals surface area (Å²) in [5.74, 6) is 0.991. The van der Waals surface area contributed by atoms with Crippen molar-refractivity contribution in [2.75, 3.05) is 13.2 Å². The molecule has 0 unspecified atom stereocenters. The van der Waals surface area contributed by atoms with Gasteiger partial charge in [-0.1, -0.05) is 23.7 Å². The predicted molar refractivity (Wildman–Crippen MR) is 75.3 cm³/mol. The van der Waals surface area contributed by atoms with Gasteiger partial charge in [0.25, 0.3) is 0 Å². The Hall–Kier alpha value is -1.43. The lowest BCUT2D eigenvalue weighted by Crippen LogP contribution is -2.31. The first-order chi connectivity index (χ1) is 9.78. The number of aliphatic hydroxyl groups is 1. The standard InChI is InChI=1S/C14H16ClN3O2/c15-12-6-2-1-5-11(12)14-17-16-13(20-14)8-18-7-3-4-10(18)9-19/h1-2,5-6,10,19H,3-4,7-9H2/t10-/m0/s1. The molecular formula is C14H16ClN3O2. The van der Waals surface area contributed by atoms with E-state index in [2.05, 4.69) is 15.1 Å². The highest BCUT2D eigenvalue weighted by atomic mass is 35.5. The number of benzene rings is 1. The summed E-state index contributed by atoms with van der Waals surface area (Å²) in [4.78, 5) is 2.17. The Kier molecular flexibility index (Phi) is 4.00. The highest BCUT2D eigenvalue weighted by Gasteiger charge is 2.25. The normalized spacial score (nSPS) is 19.6. The number of aromatic nitrogens is 2. The van der Waals surface area contributed by atoms with Crippen LogP contribution in [0.2, 0.25) is 5.02 Å². The number of aliphatic hydroxyl groups excluding tert-OH is 1. The Balaban J connectivity index is 1.76. The third-order valence-electron chi connectivity index (χ3n) is 3.62. The fourth-order valence-electron chi connectivity index (χ4n) is 2.54. The molecule has 0 spiro atoms. The van der Waals surface area contributed by atoms with E-state index in [1.54, 1.807) is 6.07 Å². The van der Waals surface area contributed by atoms with E-state index in [4.69, 9.17) is 16.0 Å². The van der Waals surface area contributed by atoms with Crippen LogP contribution in [0, 0.1) is 0 Å². The molecule has 1 aromatic heterocycles. The van der Waals surface area contributed by atoms with Gasteiger partial charge in [0, 0.05) is 6.04 Å². The molecule has 1 atom stereocenters. The Bertz CT molecular complexity index is 587. The Morgan fingerprint density at radius 1 is 1.35 bits per heavy atom. The smallest absolute Gasteiger partial charge is 0.249 e. The lowest BCUT2D eigenvalue weighted by atomic mass is 10.2. The number of nitrogens with zero attached hydrogens (tertiary/aromatic N) is 3. The molecule has 2 aromatic rings. The SMILES string of the molecule is OC[C@@H]1CCCN1Cc1nnc(-c2ccccc2Cl)o1. The molecule has 0 aliphatic carbocycles. The topological polar surface area (TPSA) is 62.4 Å². The number of likely N-dealkylation sites (tertiary alicyclic amines) is 1. The average Bonchev–Trinajstić information content (AvgIpc) is 3.09. The van der Waals surface area contributed by atoms with Crippen molar-refractivity contribution < 1.29 is 9.52 Å². The van der Waals surface area contributed by atoms with Crippen LogP contribution in [-0.2, 0) is 6.54 Å². The van der Waals surface area contributed by atoms with Crippen LogP contribution in [0.25, 0.3) is 11.5 Å². The van der Waals surface area contributed by atoms with Crippen LogP contribution >= 0.6 is 11.6 Å². The Morgan fingerprint density at radius 3 is 3.00 bits per heavy atom. The van der Waals surface area contributed by atoms with E-state index in [0.29, 0.717) is 23.3 Å². The molecule has 106 valence electrons. The second-order valence-electron chi connectivity index (χ2n) is 4.93. The van der Waals surface area contributed by atoms with Crippen molar-refractivity contribution in [1.82, 2.24) is 15.1 Å². The fraction of sp³-hybridized carbons (Fsp3) is 0.429. The largest absolute Gasteiger partial charge is 0.419 e. The van der Waals surface area contributed by atoms with Crippen LogP contribution in [0.4, 0.5) is 0 Å². The van der Waals surface area contributed by atoms with Crippen LogP contribution < -0.4 is 0 Å². The highest BCUT2D eigenvalue weighted by molar-refractivity contribution is 6.33. The number of halogens is 1. The van der Waals surface area contributed by atoms with Crippen molar-refractivity contribution in [1.29, 1.82) is 0 Å². The summed E-state index contributed by atoms with van der Waals surface area (Å²) in [6, 6.07) is 7.59. The first-order valence-electron chi connectivity index (χ1n) is 6.70. The van der Waals surface area contributed by atoms with E-state index in [1.807, 2.05) is 18.2 Å². The molecule has 0 amide bonds. The maximum Gasteiger partial charge on any atom is 0.249 e. The molecule has 5 nitrogen and oxygen atoms in total. The van der Waals surface area contributed by atoms with Gasteiger partial charge >= 0.3 is 0 Å². The van der Waals surface area contributed by atoms with Gasteiger partial charge in [0.2, 0.25) is 11.8 Å². The molecule has 1 aromatic carbocycles. The van der Waals surface area contributed by atoms with Gasteiger partial charge in [0.15, 0.2) is 0 Å². The first-order valence-corrected chi connectivity index (χ1v) is 7.08. The van der Waals surface area contributed by atoms with Crippen molar-refractivity contribution in [2.24, 2.45) is 0 Å². The van der Waals surface area contributed by atoms with E-state index in [0.717, 1.165) is 24.9 Å². The predicted octanol–water partition coefficient (Wildman–Crippen LogP) is 2.35. The van der Waals surface area contributed by atoms with Gasteiger partial charge in [-0.05, 0) is 31.5 Å². The van der Waals surface area contributed by atoms with E-state index in [-0.39, 0.29) is 12.6 Å². The molecule has 3 rings (SSSR count). The van der Waals surface area contributed by atoms with Gasteiger partial charge in [-0.3, -0.25) is 4.90 Å². The lowest BCUT2D eigenvalue weighted by molar-refractivity contribution is 0.144. The maximum absolute atomic E-state index is 9.31. The van der Waals surface area contributed by atoms with Crippen molar-refractivity contribution in [3.8, 4) is 11.5 Å². The van der Waals surface area contributed by atoms with Gasteiger partial charge in [-0.15, -0.1) is 10.2 Å². The zero-order valence-electron chi connectivity index (χ0n) is 11.0. The summed E-state index contributed by atoms with van der Waals surface area (Å²) in [7, 11) is 0. The van der Waals surface area contributed by atoms with Gasteiger partial charge < -0.3 is 9.52 Å². The number of hydrogen-bond donors (Lipinski definition) is 1. The lowest BCUT2D eigenvalue weighted by Gasteiger charge is -2.20. The van der Waals surface area contributed by atoms with E-state index < -0.39 is 0 Å². The molecule has 20 heavy (non-hydrogen) atoms. The average molecular weight is 294 g/mol. The molecule has 1 aliphatic heterocycles. The molecule has 1 fully saturated rings. The molecule has 0 radical (unpaired) electrons. The van der Waals surface area contributed by atoms with Gasteiger partial charge in [0.05, 0.1) is 23.7 Å².